The number of carbonyl (C=O) groups excluding carboxylic acids is 2. The number of carbonyl (C=O) groups is 2. The first-order chi connectivity index (χ1) is 9.04. The van der Waals surface area contributed by atoms with Crippen molar-refractivity contribution in [3.63, 3.8) is 0 Å². The van der Waals surface area contributed by atoms with Gasteiger partial charge in [0, 0.05) is 44.6 Å². The van der Waals surface area contributed by atoms with Crippen LogP contribution in [0.25, 0.3) is 0 Å². The highest BCUT2D eigenvalue weighted by molar-refractivity contribution is 5.85. The molecule has 0 radical (unpaired) electrons. The molecule has 1 saturated heterocycles. The fourth-order valence-electron chi connectivity index (χ4n) is 2.55. The lowest BCUT2D eigenvalue weighted by atomic mass is 9.94. The van der Waals surface area contributed by atoms with Crippen LogP contribution in [0, 0.1) is 11.8 Å². The predicted molar refractivity (Wildman–Crippen MR) is 82.7 cm³/mol. The Morgan fingerprint density at radius 1 is 1.25 bits per heavy atom. The molecule has 2 N–H and O–H groups in total. The zero-order valence-electron chi connectivity index (χ0n) is 12.8. The first-order valence-corrected chi connectivity index (χ1v) is 7.32. The van der Waals surface area contributed by atoms with Crippen molar-refractivity contribution in [2.45, 2.75) is 33.6 Å². The van der Waals surface area contributed by atoms with Gasteiger partial charge in [0.05, 0.1) is 0 Å². The summed E-state index contributed by atoms with van der Waals surface area (Å²) in [4.78, 5) is 28.0. The van der Waals surface area contributed by atoms with Crippen LogP contribution in [0.2, 0.25) is 0 Å². The summed E-state index contributed by atoms with van der Waals surface area (Å²) in [6.07, 6.45) is 1.55. The summed E-state index contributed by atoms with van der Waals surface area (Å²) in [6.45, 7) is 9.14. The molecule has 0 aliphatic carbocycles. The zero-order chi connectivity index (χ0) is 14.4. The molecular weight excluding hydrogens is 278 g/mol. The van der Waals surface area contributed by atoms with Crippen LogP contribution in [-0.4, -0.2) is 54.3 Å². The Morgan fingerprint density at radius 2 is 1.75 bits per heavy atom. The quantitative estimate of drug-likeness (QED) is 0.827. The van der Waals surface area contributed by atoms with E-state index in [9.17, 15) is 9.59 Å². The lowest BCUT2D eigenvalue weighted by molar-refractivity contribution is -0.142. The highest BCUT2D eigenvalue weighted by Crippen LogP contribution is 2.20. The molecule has 5 nitrogen and oxygen atoms in total. The second-order valence-electron chi connectivity index (χ2n) is 5.25. The second kappa shape index (κ2) is 9.19. The Hall–Kier alpha value is -0.810. The second-order valence-corrected chi connectivity index (χ2v) is 5.25. The summed E-state index contributed by atoms with van der Waals surface area (Å²) < 4.78 is 0. The summed E-state index contributed by atoms with van der Waals surface area (Å²) in [5, 5.41) is 0. The van der Waals surface area contributed by atoms with Crippen LogP contribution in [0.15, 0.2) is 0 Å². The molecular formula is C14H28ClN3O2. The van der Waals surface area contributed by atoms with E-state index in [0.717, 1.165) is 25.9 Å². The molecule has 1 aliphatic rings. The van der Waals surface area contributed by atoms with E-state index in [0.29, 0.717) is 19.6 Å². The van der Waals surface area contributed by atoms with Crippen LogP contribution in [0.1, 0.15) is 33.6 Å². The number of hydrogen-bond acceptors (Lipinski definition) is 3. The van der Waals surface area contributed by atoms with Gasteiger partial charge in [-0.25, -0.2) is 0 Å². The van der Waals surface area contributed by atoms with Gasteiger partial charge in [0.15, 0.2) is 0 Å². The molecule has 2 amide bonds. The molecule has 0 bridgehead atoms. The van der Waals surface area contributed by atoms with Crippen molar-refractivity contribution < 1.29 is 9.59 Å². The number of piperidine rings is 1. The monoisotopic (exact) mass is 305 g/mol. The van der Waals surface area contributed by atoms with Crippen molar-refractivity contribution in [2.75, 3.05) is 32.7 Å². The molecule has 0 saturated carbocycles. The van der Waals surface area contributed by atoms with Gasteiger partial charge in [-0.1, -0.05) is 6.92 Å². The molecule has 0 aromatic heterocycles. The van der Waals surface area contributed by atoms with Gasteiger partial charge in [-0.15, -0.1) is 12.4 Å². The normalized spacial score (nSPS) is 17.3. The minimum absolute atomic E-state index is 0. The highest BCUT2D eigenvalue weighted by atomic mass is 35.5. The largest absolute Gasteiger partial charge is 0.343 e. The molecule has 1 aliphatic heterocycles. The maximum absolute atomic E-state index is 12.2. The lowest BCUT2D eigenvalue weighted by Gasteiger charge is -2.34. The van der Waals surface area contributed by atoms with E-state index in [4.69, 9.17) is 5.73 Å². The first-order valence-electron chi connectivity index (χ1n) is 7.32. The molecule has 1 atom stereocenters. The lowest BCUT2D eigenvalue weighted by Crippen LogP contribution is -2.46. The fraction of sp³-hybridized carbons (Fsp3) is 0.857. The van der Waals surface area contributed by atoms with Crippen molar-refractivity contribution in [2.24, 2.45) is 17.6 Å². The van der Waals surface area contributed by atoms with Crippen LogP contribution in [0.4, 0.5) is 0 Å². The SMILES string of the molecule is CCN(CC)C(=O)C1CCN(C(=O)C(C)CN)CC1.Cl. The number of nitrogens with two attached hydrogens (primary N) is 1. The van der Waals surface area contributed by atoms with Gasteiger partial charge in [-0.2, -0.15) is 0 Å². The highest BCUT2D eigenvalue weighted by Gasteiger charge is 2.30. The zero-order valence-corrected chi connectivity index (χ0v) is 13.6. The Morgan fingerprint density at radius 3 is 2.15 bits per heavy atom. The molecule has 20 heavy (non-hydrogen) atoms. The van der Waals surface area contributed by atoms with Crippen LogP contribution < -0.4 is 5.73 Å². The molecule has 6 heteroatoms. The van der Waals surface area contributed by atoms with Gasteiger partial charge >= 0.3 is 0 Å². The smallest absolute Gasteiger partial charge is 0.226 e. The standard InChI is InChI=1S/C14H27N3O2.ClH/c1-4-16(5-2)14(19)12-6-8-17(9-7-12)13(18)11(3)10-15;/h11-12H,4-10,15H2,1-3H3;1H. The third kappa shape index (κ3) is 4.63. The van der Waals surface area contributed by atoms with Crippen LogP contribution >= 0.6 is 12.4 Å². The van der Waals surface area contributed by atoms with Gasteiger partial charge in [0.2, 0.25) is 11.8 Å². The van der Waals surface area contributed by atoms with Crippen molar-refractivity contribution in [1.82, 2.24) is 9.80 Å². The van der Waals surface area contributed by atoms with Gasteiger partial charge in [-0.3, -0.25) is 9.59 Å². The Kier molecular flexibility index (Phi) is 8.81. The number of nitrogens with zero attached hydrogens (tertiary/aromatic N) is 2. The molecule has 0 aromatic rings. The number of likely N-dealkylation sites (tertiary alicyclic amines) is 1. The maximum atomic E-state index is 12.2. The molecule has 1 rings (SSSR count). The van der Waals surface area contributed by atoms with E-state index in [1.165, 1.54) is 0 Å². The van der Waals surface area contributed by atoms with Crippen molar-refractivity contribution >= 4 is 24.2 Å². The minimum Gasteiger partial charge on any atom is -0.343 e. The number of amides is 2. The molecule has 0 aromatic carbocycles. The average molecular weight is 306 g/mol. The third-order valence-corrected chi connectivity index (χ3v) is 4.01. The van der Waals surface area contributed by atoms with Gasteiger partial charge in [0.25, 0.3) is 0 Å². The topological polar surface area (TPSA) is 66.6 Å². The van der Waals surface area contributed by atoms with E-state index in [2.05, 4.69) is 0 Å². The molecule has 0 spiro atoms. The summed E-state index contributed by atoms with van der Waals surface area (Å²) >= 11 is 0. The van der Waals surface area contributed by atoms with Gasteiger partial charge in [0.1, 0.15) is 0 Å². The van der Waals surface area contributed by atoms with Crippen LogP contribution in [-0.2, 0) is 9.59 Å². The summed E-state index contributed by atoms with van der Waals surface area (Å²) in [6, 6.07) is 0. The number of hydrogen-bond donors (Lipinski definition) is 1. The average Bonchev–Trinajstić information content (AvgIpc) is 2.47. The van der Waals surface area contributed by atoms with Gasteiger partial charge in [-0.05, 0) is 26.7 Å². The molecule has 1 unspecified atom stereocenters. The summed E-state index contributed by atoms with van der Waals surface area (Å²) in [7, 11) is 0. The minimum atomic E-state index is -0.116. The van der Waals surface area contributed by atoms with E-state index < -0.39 is 0 Å². The predicted octanol–water partition coefficient (Wildman–Crippen LogP) is 1.11. The van der Waals surface area contributed by atoms with Crippen molar-refractivity contribution in [3.8, 4) is 0 Å². The third-order valence-electron chi connectivity index (χ3n) is 4.01. The van der Waals surface area contributed by atoms with Crippen molar-refractivity contribution in [1.29, 1.82) is 0 Å². The fourth-order valence-corrected chi connectivity index (χ4v) is 2.55. The molecule has 118 valence electrons. The Bertz CT molecular complexity index is 314. The van der Waals surface area contributed by atoms with Gasteiger partial charge < -0.3 is 15.5 Å². The first kappa shape index (κ1) is 19.2. The summed E-state index contributed by atoms with van der Waals surface area (Å²) in [5.41, 5.74) is 5.52. The summed E-state index contributed by atoms with van der Waals surface area (Å²) in [5.74, 6) is 0.326. The Labute approximate surface area is 128 Å². The van der Waals surface area contributed by atoms with E-state index in [1.807, 2.05) is 30.6 Å². The maximum Gasteiger partial charge on any atom is 0.226 e. The van der Waals surface area contributed by atoms with Crippen LogP contribution in [0.5, 0.6) is 0 Å². The molecule has 1 fully saturated rings. The number of rotatable bonds is 5. The number of halogens is 1. The van der Waals surface area contributed by atoms with Crippen molar-refractivity contribution in [3.05, 3.63) is 0 Å². The van der Waals surface area contributed by atoms with E-state index in [1.54, 1.807) is 0 Å². The van der Waals surface area contributed by atoms with Crippen LogP contribution in [0.3, 0.4) is 0 Å². The Balaban J connectivity index is 0.00000361. The molecule has 1 heterocycles. The van der Waals surface area contributed by atoms with E-state index in [-0.39, 0.29) is 36.1 Å². The van der Waals surface area contributed by atoms with E-state index >= 15 is 0 Å².